The van der Waals surface area contributed by atoms with Crippen LogP contribution in [0.15, 0.2) is 91.8 Å². The maximum absolute atomic E-state index is 4.12. The van der Waals surface area contributed by atoms with Crippen LogP contribution >= 0.6 is 0 Å². The van der Waals surface area contributed by atoms with Gasteiger partial charge in [-0.1, -0.05) is 36.4 Å². The molecule has 0 spiro atoms. The SMILES string of the molecule is c1ccc(-n2cnnn2)c(N(c2ccccc2-n2cnnn2)c2ccccc2-n2cnnn2)c1. The van der Waals surface area contributed by atoms with Gasteiger partial charge in [0.1, 0.15) is 19.0 Å². The minimum Gasteiger partial charge on any atom is -0.304 e. The van der Waals surface area contributed by atoms with Gasteiger partial charge in [-0.2, -0.15) is 14.0 Å². The molecule has 3 heterocycles. The Hall–Kier alpha value is -5.33. The zero-order chi connectivity index (χ0) is 22.7. The molecule has 6 rings (SSSR count). The Morgan fingerprint density at radius 1 is 0.441 bits per heavy atom. The van der Waals surface area contributed by atoms with E-state index in [9.17, 15) is 0 Å². The van der Waals surface area contributed by atoms with Crippen molar-refractivity contribution in [1.82, 2.24) is 60.6 Å². The fourth-order valence-corrected chi connectivity index (χ4v) is 3.75. The Morgan fingerprint density at radius 2 is 0.765 bits per heavy atom. The lowest BCUT2D eigenvalue weighted by atomic mass is 10.1. The summed E-state index contributed by atoms with van der Waals surface area (Å²) in [5.41, 5.74) is 4.75. The molecule has 3 aromatic heterocycles. The zero-order valence-corrected chi connectivity index (χ0v) is 17.5. The van der Waals surface area contributed by atoms with Gasteiger partial charge in [0.05, 0.1) is 34.1 Å². The third-order valence-corrected chi connectivity index (χ3v) is 5.16. The molecule has 0 aliphatic heterocycles. The van der Waals surface area contributed by atoms with E-state index in [0.717, 1.165) is 34.1 Å². The first-order valence-electron chi connectivity index (χ1n) is 10.2. The summed E-state index contributed by atoms with van der Waals surface area (Å²) in [7, 11) is 0. The Labute approximate surface area is 191 Å². The molecule has 34 heavy (non-hydrogen) atoms. The van der Waals surface area contributed by atoms with Gasteiger partial charge in [0, 0.05) is 0 Å². The van der Waals surface area contributed by atoms with Crippen molar-refractivity contribution in [2.45, 2.75) is 0 Å². The minimum atomic E-state index is 0.769. The number of anilines is 3. The van der Waals surface area contributed by atoms with Crippen molar-refractivity contribution in [1.29, 1.82) is 0 Å². The molecule has 164 valence electrons. The predicted molar refractivity (Wildman–Crippen MR) is 119 cm³/mol. The monoisotopic (exact) mass is 449 g/mol. The molecule has 0 radical (unpaired) electrons. The Balaban J connectivity index is 1.66. The van der Waals surface area contributed by atoms with Crippen LogP contribution in [0.25, 0.3) is 17.1 Å². The molecule has 0 N–H and O–H groups in total. The number of para-hydroxylation sites is 6. The summed E-state index contributed by atoms with van der Waals surface area (Å²) < 4.78 is 4.84. The van der Waals surface area contributed by atoms with Gasteiger partial charge in [-0.25, -0.2) is 0 Å². The molecule has 0 saturated heterocycles. The molecule has 0 fully saturated rings. The Bertz CT molecular complexity index is 1320. The van der Waals surface area contributed by atoms with Crippen molar-refractivity contribution >= 4 is 17.1 Å². The highest BCUT2D eigenvalue weighted by Gasteiger charge is 2.24. The molecule has 0 atom stereocenters. The molecule has 6 aromatic rings. The highest BCUT2D eigenvalue weighted by Crippen LogP contribution is 2.42. The quantitative estimate of drug-likeness (QED) is 0.372. The second kappa shape index (κ2) is 8.31. The molecule has 3 aromatic carbocycles. The highest BCUT2D eigenvalue weighted by atomic mass is 15.5. The summed E-state index contributed by atoms with van der Waals surface area (Å²) in [4.78, 5) is 2.07. The average molecular weight is 449 g/mol. The maximum atomic E-state index is 4.12. The number of hydrogen-bond acceptors (Lipinski definition) is 10. The summed E-state index contributed by atoms with van der Waals surface area (Å²) in [6.45, 7) is 0. The standard InChI is InChI=1S/C21H15N13/c1-4-10-19(16(7-1)31-13-22-25-28-31)34(20-11-5-2-8-17(20)32-14-23-26-29-32)21-12-6-3-9-18(21)33-15-24-27-30-33/h1-15H. The molecule has 13 heteroatoms. The van der Waals surface area contributed by atoms with Crippen molar-refractivity contribution in [2.75, 3.05) is 4.90 Å². The molecule has 0 amide bonds. The van der Waals surface area contributed by atoms with Gasteiger partial charge in [0.2, 0.25) is 0 Å². The number of hydrogen-bond donors (Lipinski definition) is 0. The zero-order valence-electron chi connectivity index (χ0n) is 17.5. The van der Waals surface area contributed by atoms with Gasteiger partial charge in [0.25, 0.3) is 0 Å². The van der Waals surface area contributed by atoms with Crippen LogP contribution < -0.4 is 4.90 Å². The van der Waals surface area contributed by atoms with Crippen LogP contribution in [-0.4, -0.2) is 60.6 Å². The summed E-state index contributed by atoms with van der Waals surface area (Å²) in [5, 5.41) is 35.2. The van der Waals surface area contributed by atoms with Crippen LogP contribution in [0, 0.1) is 0 Å². The van der Waals surface area contributed by atoms with Crippen LogP contribution in [0.3, 0.4) is 0 Å². The van der Waals surface area contributed by atoms with E-state index >= 15 is 0 Å². The molecule has 0 aliphatic carbocycles. The average Bonchev–Trinajstić information content (AvgIpc) is 3.69. The van der Waals surface area contributed by atoms with Crippen LogP contribution in [-0.2, 0) is 0 Å². The molecule has 0 aliphatic rings. The van der Waals surface area contributed by atoms with E-state index in [0.29, 0.717) is 0 Å². The predicted octanol–water partition coefficient (Wildman–Crippen LogP) is 2.08. The number of benzene rings is 3. The van der Waals surface area contributed by atoms with E-state index in [1.807, 2.05) is 72.8 Å². The molecule has 0 unspecified atom stereocenters. The molecular formula is C21H15N13. The van der Waals surface area contributed by atoms with E-state index in [1.165, 1.54) is 0 Å². The molecule has 13 nitrogen and oxygen atoms in total. The van der Waals surface area contributed by atoms with Crippen molar-refractivity contribution in [3.05, 3.63) is 91.8 Å². The number of tetrazole rings is 3. The van der Waals surface area contributed by atoms with Crippen molar-refractivity contribution in [3.63, 3.8) is 0 Å². The van der Waals surface area contributed by atoms with Crippen LogP contribution in [0.2, 0.25) is 0 Å². The first kappa shape index (κ1) is 19.4. The second-order valence-corrected chi connectivity index (χ2v) is 7.06. The third kappa shape index (κ3) is 3.33. The number of rotatable bonds is 6. The highest BCUT2D eigenvalue weighted by molar-refractivity contribution is 5.88. The van der Waals surface area contributed by atoms with Gasteiger partial charge < -0.3 is 4.90 Å². The lowest BCUT2D eigenvalue weighted by Crippen LogP contribution is -2.18. The van der Waals surface area contributed by atoms with Crippen molar-refractivity contribution in [3.8, 4) is 17.1 Å². The third-order valence-electron chi connectivity index (χ3n) is 5.16. The fourth-order valence-electron chi connectivity index (χ4n) is 3.75. The van der Waals surface area contributed by atoms with E-state index in [1.54, 1.807) is 33.0 Å². The molecule has 0 bridgehead atoms. The normalized spacial score (nSPS) is 10.9. The van der Waals surface area contributed by atoms with Gasteiger partial charge in [-0.15, -0.1) is 15.3 Å². The van der Waals surface area contributed by atoms with Gasteiger partial charge in [-0.05, 0) is 67.7 Å². The van der Waals surface area contributed by atoms with Crippen LogP contribution in [0.1, 0.15) is 0 Å². The van der Waals surface area contributed by atoms with Gasteiger partial charge in [-0.3, -0.25) is 0 Å². The summed E-state index contributed by atoms with van der Waals surface area (Å²) in [6.07, 6.45) is 4.66. The number of aromatic nitrogens is 12. The largest absolute Gasteiger partial charge is 0.304 e. The first-order valence-corrected chi connectivity index (χ1v) is 10.2. The smallest absolute Gasteiger partial charge is 0.143 e. The van der Waals surface area contributed by atoms with Gasteiger partial charge in [0.15, 0.2) is 0 Å². The van der Waals surface area contributed by atoms with E-state index in [2.05, 4.69) is 51.5 Å². The molecule has 0 saturated carbocycles. The van der Waals surface area contributed by atoms with Crippen LogP contribution in [0.5, 0.6) is 0 Å². The Kier molecular flexibility index (Phi) is 4.73. The Morgan fingerprint density at radius 3 is 1.06 bits per heavy atom. The van der Waals surface area contributed by atoms with E-state index < -0.39 is 0 Å². The topological polar surface area (TPSA) is 134 Å². The fraction of sp³-hybridized carbons (Fsp3) is 0. The lowest BCUT2D eigenvalue weighted by Gasteiger charge is -2.30. The van der Waals surface area contributed by atoms with Gasteiger partial charge >= 0.3 is 0 Å². The van der Waals surface area contributed by atoms with Crippen molar-refractivity contribution < 1.29 is 0 Å². The summed E-state index contributed by atoms with van der Waals surface area (Å²) >= 11 is 0. The maximum Gasteiger partial charge on any atom is 0.143 e. The van der Waals surface area contributed by atoms with Crippen LogP contribution in [0.4, 0.5) is 17.1 Å². The first-order chi connectivity index (χ1) is 16.9. The number of nitrogens with zero attached hydrogens (tertiary/aromatic N) is 13. The second-order valence-electron chi connectivity index (χ2n) is 7.06. The molecular weight excluding hydrogens is 434 g/mol. The summed E-state index contributed by atoms with van der Waals surface area (Å²) in [5.74, 6) is 0. The van der Waals surface area contributed by atoms with E-state index in [4.69, 9.17) is 0 Å². The summed E-state index contributed by atoms with van der Waals surface area (Å²) in [6, 6.07) is 23.4. The van der Waals surface area contributed by atoms with Crippen molar-refractivity contribution in [2.24, 2.45) is 0 Å². The minimum absolute atomic E-state index is 0.769. The lowest BCUT2D eigenvalue weighted by molar-refractivity contribution is 0.781. The van der Waals surface area contributed by atoms with E-state index in [-0.39, 0.29) is 0 Å².